The fourth-order valence-electron chi connectivity index (χ4n) is 0.166. The number of carbonyl (C=O) groups excluding carboxylic acids is 2. The number of ketones is 1. The number of aliphatic carboxylic acids is 1. The van der Waals surface area contributed by atoms with Crippen molar-refractivity contribution in [2.75, 3.05) is 5.75 Å². The second-order valence-electron chi connectivity index (χ2n) is 1.16. The Morgan fingerprint density at radius 2 is 1.89 bits per heavy atom. The molecule has 0 aromatic rings. The van der Waals surface area contributed by atoms with Gasteiger partial charge in [0.2, 0.25) is 0 Å². The van der Waals surface area contributed by atoms with Crippen molar-refractivity contribution in [2.45, 2.75) is 0 Å². The average Bonchev–Trinajstić information content (AvgIpc) is 1.63. The highest BCUT2D eigenvalue weighted by Gasteiger charge is 2.00. The first-order valence-electron chi connectivity index (χ1n) is 1.84. The van der Waals surface area contributed by atoms with Gasteiger partial charge in [0.05, 0.1) is 5.75 Å². The topological polar surface area (TPSA) is 97.3 Å². The average molecular weight is 150 g/mol. The quantitative estimate of drug-likeness (QED) is 0.319. The van der Waals surface area contributed by atoms with Crippen LogP contribution in [0, 0.1) is 0 Å². The number of hydrogen-bond acceptors (Lipinski definition) is 5. The van der Waals surface area contributed by atoms with E-state index in [0.717, 1.165) is 0 Å². The van der Waals surface area contributed by atoms with Gasteiger partial charge in [0.1, 0.15) is 5.97 Å². The molecule has 0 heterocycles. The number of carbonyl (C=O) groups is 2. The van der Waals surface area contributed by atoms with Gasteiger partial charge in [-0.25, -0.2) is 0 Å². The molecule has 1 unspecified atom stereocenters. The molecule has 9 heavy (non-hydrogen) atoms. The lowest BCUT2D eigenvalue weighted by Crippen LogP contribution is -2.34. The van der Waals surface area contributed by atoms with Gasteiger partial charge in [0.25, 0.3) is 0 Å². The molecular weight excluding hydrogens is 148 g/mol. The molecule has 0 spiro atoms. The van der Waals surface area contributed by atoms with Crippen molar-refractivity contribution in [3.05, 3.63) is 0 Å². The number of rotatable bonds is 3. The smallest absolute Gasteiger partial charge is 0.189 e. The zero-order valence-electron chi connectivity index (χ0n) is 4.16. The Balaban J connectivity index is 3.79. The molecule has 0 aliphatic carbocycles. The van der Waals surface area contributed by atoms with Gasteiger partial charge in [-0.2, -0.15) is 0 Å². The molecule has 1 atom stereocenters. The molecule has 0 amide bonds. The highest BCUT2D eigenvalue weighted by molar-refractivity contribution is 7.80. The van der Waals surface area contributed by atoms with Crippen LogP contribution in [0.2, 0.25) is 0 Å². The molecule has 0 aromatic heterocycles. The minimum atomic E-state index is -2.64. The summed E-state index contributed by atoms with van der Waals surface area (Å²) < 4.78 is 19.2. The minimum absolute atomic E-state index is 1.01. The Hall–Kier alpha value is -0.750. The third-order valence-corrected chi connectivity index (χ3v) is 0.975. The number of hydrogen-bond donors (Lipinski definition) is 0. The Labute approximate surface area is 53.0 Å². The lowest BCUT2D eigenvalue weighted by atomic mass is 10.5. The molecule has 5 nitrogen and oxygen atoms in total. The SMILES string of the molecule is O=C([O-])C(=O)CS(=O)[O-]. The van der Waals surface area contributed by atoms with Gasteiger partial charge in [-0.3, -0.25) is 9.00 Å². The number of carboxylic acids is 1. The van der Waals surface area contributed by atoms with Crippen molar-refractivity contribution >= 4 is 22.8 Å². The Bertz CT molecular complexity index is 162. The molecule has 0 N–H and O–H groups in total. The van der Waals surface area contributed by atoms with E-state index in [-0.39, 0.29) is 0 Å². The summed E-state index contributed by atoms with van der Waals surface area (Å²) in [6, 6.07) is 0. The van der Waals surface area contributed by atoms with E-state index in [1.54, 1.807) is 0 Å². The third-order valence-electron chi connectivity index (χ3n) is 0.477. The molecule has 0 aliphatic rings. The highest BCUT2D eigenvalue weighted by atomic mass is 32.2. The molecule has 0 aliphatic heterocycles. The molecule has 0 radical (unpaired) electrons. The van der Waals surface area contributed by atoms with E-state index in [1.165, 1.54) is 0 Å². The summed E-state index contributed by atoms with van der Waals surface area (Å²) in [4.78, 5) is 19.4. The van der Waals surface area contributed by atoms with Crippen LogP contribution in [0.15, 0.2) is 0 Å². The van der Waals surface area contributed by atoms with Gasteiger partial charge in [0.15, 0.2) is 5.78 Å². The van der Waals surface area contributed by atoms with Gasteiger partial charge in [-0.15, -0.1) is 0 Å². The fourth-order valence-corrected chi connectivity index (χ4v) is 0.498. The number of Topliss-reactive ketones (excluding diaryl/α,β-unsaturated/α-hetero) is 1. The summed E-state index contributed by atoms with van der Waals surface area (Å²) in [7, 11) is 0. The van der Waals surface area contributed by atoms with E-state index in [1.807, 2.05) is 0 Å². The first-order valence-corrected chi connectivity index (χ1v) is 3.08. The van der Waals surface area contributed by atoms with Crippen molar-refractivity contribution in [2.24, 2.45) is 0 Å². The Kier molecular flexibility index (Phi) is 3.03. The van der Waals surface area contributed by atoms with Crippen LogP contribution in [0.1, 0.15) is 0 Å². The number of carboxylic acid groups (broad SMARTS) is 1. The lowest BCUT2D eigenvalue weighted by Gasteiger charge is -2.02. The van der Waals surface area contributed by atoms with E-state index >= 15 is 0 Å². The van der Waals surface area contributed by atoms with Crippen LogP contribution in [-0.2, 0) is 20.7 Å². The van der Waals surface area contributed by atoms with E-state index in [2.05, 4.69) is 0 Å². The fraction of sp³-hybridized carbons (Fsp3) is 0.333. The van der Waals surface area contributed by atoms with Gasteiger partial charge in [0, 0.05) is 0 Å². The Morgan fingerprint density at radius 3 is 2.00 bits per heavy atom. The zero-order chi connectivity index (χ0) is 7.44. The van der Waals surface area contributed by atoms with Crippen LogP contribution in [0.5, 0.6) is 0 Å². The molecule has 0 saturated heterocycles. The van der Waals surface area contributed by atoms with E-state index in [9.17, 15) is 23.5 Å². The molecule has 0 aromatic carbocycles. The zero-order valence-corrected chi connectivity index (χ0v) is 4.97. The maximum Gasteiger partial charge on any atom is 0.189 e. The maximum absolute atomic E-state index is 9.90. The predicted octanol–water partition coefficient (Wildman–Crippen LogP) is -2.82. The first kappa shape index (κ1) is 8.25. The van der Waals surface area contributed by atoms with E-state index < -0.39 is 28.6 Å². The monoisotopic (exact) mass is 150 g/mol. The van der Waals surface area contributed by atoms with Gasteiger partial charge < -0.3 is 14.5 Å². The maximum atomic E-state index is 9.90. The third kappa shape index (κ3) is 3.80. The Morgan fingerprint density at radius 1 is 1.44 bits per heavy atom. The second kappa shape index (κ2) is 3.31. The van der Waals surface area contributed by atoms with Crippen LogP contribution in [0.3, 0.4) is 0 Å². The lowest BCUT2D eigenvalue weighted by molar-refractivity contribution is -0.299. The molecule has 0 fully saturated rings. The van der Waals surface area contributed by atoms with Crippen LogP contribution in [-0.4, -0.2) is 26.3 Å². The largest absolute Gasteiger partial charge is 0.772 e. The highest BCUT2D eigenvalue weighted by Crippen LogP contribution is 1.74. The minimum Gasteiger partial charge on any atom is -0.772 e. The molecular formula is C3H2O5S-2. The van der Waals surface area contributed by atoms with Gasteiger partial charge >= 0.3 is 0 Å². The van der Waals surface area contributed by atoms with E-state index in [0.29, 0.717) is 0 Å². The summed E-state index contributed by atoms with van der Waals surface area (Å²) in [5.74, 6) is -4.41. The van der Waals surface area contributed by atoms with Crippen molar-refractivity contribution in [1.82, 2.24) is 0 Å². The van der Waals surface area contributed by atoms with E-state index in [4.69, 9.17) is 0 Å². The van der Waals surface area contributed by atoms with Gasteiger partial charge in [-0.05, 0) is 11.1 Å². The molecule has 0 rings (SSSR count). The predicted molar refractivity (Wildman–Crippen MR) is 23.8 cm³/mol. The standard InChI is InChI=1S/C3H4O5S/c4-2(3(5)6)1-9(7)8/h1H2,(H,5,6)(H,7,8)/p-2. The first-order chi connectivity index (χ1) is 4.04. The van der Waals surface area contributed by atoms with Crippen molar-refractivity contribution in [3.8, 4) is 0 Å². The summed E-state index contributed by atoms with van der Waals surface area (Å²) in [6.45, 7) is 0. The summed E-state index contributed by atoms with van der Waals surface area (Å²) in [5.41, 5.74) is 0. The summed E-state index contributed by atoms with van der Waals surface area (Å²) >= 11 is -2.64. The van der Waals surface area contributed by atoms with Gasteiger partial charge in [-0.1, -0.05) is 0 Å². The van der Waals surface area contributed by atoms with Crippen molar-refractivity contribution in [3.63, 3.8) is 0 Å². The summed E-state index contributed by atoms with van der Waals surface area (Å²) in [6.07, 6.45) is 0. The normalized spacial score (nSPS) is 12.6. The second-order valence-corrected chi connectivity index (χ2v) is 2.05. The van der Waals surface area contributed by atoms with Crippen LogP contribution >= 0.6 is 0 Å². The molecule has 0 bridgehead atoms. The van der Waals surface area contributed by atoms with Crippen molar-refractivity contribution in [1.29, 1.82) is 0 Å². The van der Waals surface area contributed by atoms with Crippen LogP contribution < -0.4 is 5.11 Å². The summed E-state index contributed by atoms with van der Waals surface area (Å²) in [5, 5.41) is 9.50. The van der Waals surface area contributed by atoms with Crippen molar-refractivity contribution < 1.29 is 23.5 Å². The molecule has 6 heteroatoms. The van der Waals surface area contributed by atoms with Crippen LogP contribution in [0.25, 0.3) is 0 Å². The molecule has 52 valence electrons. The van der Waals surface area contributed by atoms with Crippen LogP contribution in [0.4, 0.5) is 0 Å². The molecule has 0 saturated carbocycles.